The quantitative estimate of drug-likeness (QED) is 0.798. The Morgan fingerprint density at radius 3 is 2.76 bits per heavy atom. The van der Waals surface area contributed by atoms with E-state index in [4.69, 9.17) is 19.5 Å². The molecule has 0 atom stereocenters. The molecule has 0 aliphatic carbocycles. The molecule has 2 heterocycles. The molecule has 0 amide bonds. The summed E-state index contributed by atoms with van der Waals surface area (Å²) in [6, 6.07) is 7.19. The van der Waals surface area contributed by atoms with Crippen LogP contribution in [-0.2, 0) is 0 Å². The summed E-state index contributed by atoms with van der Waals surface area (Å²) >= 11 is 0. The Labute approximate surface area is 144 Å². The molecule has 3 rings (SSSR count). The van der Waals surface area contributed by atoms with Gasteiger partial charge in [-0.1, -0.05) is 0 Å². The molecule has 2 aromatic rings. The van der Waals surface area contributed by atoms with Crippen molar-refractivity contribution < 1.29 is 14.2 Å². The number of ether oxygens (including phenoxy) is 3. The van der Waals surface area contributed by atoms with Crippen molar-refractivity contribution in [1.29, 1.82) is 5.26 Å². The summed E-state index contributed by atoms with van der Waals surface area (Å²) in [6.45, 7) is 4.41. The maximum atomic E-state index is 12.4. The Balaban J connectivity index is 2.04. The lowest BCUT2D eigenvalue weighted by Gasteiger charge is -2.20. The number of benzene rings is 1. The maximum absolute atomic E-state index is 12.4. The fourth-order valence-electron chi connectivity index (χ4n) is 2.65. The first-order valence-corrected chi connectivity index (χ1v) is 7.70. The Bertz CT molecular complexity index is 937. The Morgan fingerprint density at radius 1 is 1.28 bits per heavy atom. The molecule has 25 heavy (non-hydrogen) atoms. The van der Waals surface area contributed by atoms with Crippen LogP contribution >= 0.6 is 0 Å². The van der Waals surface area contributed by atoms with Gasteiger partial charge in [-0.2, -0.15) is 10.4 Å². The van der Waals surface area contributed by atoms with Crippen LogP contribution < -0.4 is 19.8 Å². The van der Waals surface area contributed by atoms with Crippen LogP contribution in [0.2, 0.25) is 0 Å². The fourth-order valence-corrected chi connectivity index (χ4v) is 2.65. The second kappa shape index (κ2) is 6.69. The zero-order valence-corrected chi connectivity index (χ0v) is 14.2. The highest BCUT2D eigenvalue weighted by Crippen LogP contribution is 2.39. The number of methoxy groups -OCH3 is 1. The SMILES string of the molecule is COc1cc(/C=N\n2c(C)cc(C)c(C#N)c2=O)cc2c1OCCO2. The highest BCUT2D eigenvalue weighted by molar-refractivity contribution is 5.82. The van der Waals surface area contributed by atoms with Crippen LogP contribution in [0.15, 0.2) is 28.1 Å². The lowest BCUT2D eigenvalue weighted by molar-refractivity contribution is 0.165. The normalized spacial score (nSPS) is 12.9. The molecule has 0 radical (unpaired) electrons. The number of nitriles is 1. The highest BCUT2D eigenvalue weighted by atomic mass is 16.6. The van der Waals surface area contributed by atoms with E-state index in [1.165, 1.54) is 10.9 Å². The summed E-state index contributed by atoms with van der Waals surface area (Å²) in [5, 5.41) is 13.4. The molecule has 0 saturated heterocycles. The van der Waals surface area contributed by atoms with Crippen LogP contribution in [0.3, 0.4) is 0 Å². The van der Waals surface area contributed by atoms with Gasteiger partial charge in [0, 0.05) is 11.3 Å². The maximum Gasteiger partial charge on any atom is 0.289 e. The third-order valence-corrected chi connectivity index (χ3v) is 3.84. The zero-order valence-electron chi connectivity index (χ0n) is 14.2. The molecule has 0 unspecified atom stereocenters. The smallest absolute Gasteiger partial charge is 0.289 e. The molecule has 1 aliphatic rings. The molecule has 0 spiro atoms. The number of hydrogen-bond donors (Lipinski definition) is 0. The van der Waals surface area contributed by atoms with Gasteiger partial charge in [0.15, 0.2) is 11.5 Å². The van der Waals surface area contributed by atoms with Crippen LogP contribution in [0, 0.1) is 25.2 Å². The van der Waals surface area contributed by atoms with Crippen molar-refractivity contribution in [3.8, 4) is 23.3 Å². The van der Waals surface area contributed by atoms with Crippen LogP contribution in [0.4, 0.5) is 0 Å². The van der Waals surface area contributed by atoms with Gasteiger partial charge in [-0.05, 0) is 37.6 Å². The van der Waals surface area contributed by atoms with Gasteiger partial charge in [-0.3, -0.25) is 4.79 Å². The number of fused-ring (bicyclic) bond motifs is 1. The predicted octanol–water partition coefficient (Wildman–Crippen LogP) is 2.00. The van der Waals surface area contributed by atoms with E-state index in [2.05, 4.69) is 5.10 Å². The molecule has 1 aliphatic heterocycles. The summed E-state index contributed by atoms with van der Waals surface area (Å²) in [5.41, 5.74) is 1.61. The van der Waals surface area contributed by atoms with E-state index in [1.54, 1.807) is 39.2 Å². The van der Waals surface area contributed by atoms with Crippen LogP contribution in [-0.4, -0.2) is 31.2 Å². The molecule has 7 nitrogen and oxygen atoms in total. The van der Waals surface area contributed by atoms with E-state index in [0.29, 0.717) is 47.3 Å². The van der Waals surface area contributed by atoms with Crippen molar-refractivity contribution in [3.05, 3.63) is 50.9 Å². The first-order chi connectivity index (χ1) is 12.0. The standard InChI is InChI=1S/C18H17N3O4/c1-11-6-12(2)21(18(22)14(11)9-19)20-10-13-7-15(23-3)17-16(8-13)24-4-5-25-17/h6-8,10H,4-5H2,1-3H3/b20-10-. The van der Waals surface area contributed by atoms with Gasteiger partial charge in [-0.25, -0.2) is 4.68 Å². The Hall–Kier alpha value is -3.27. The van der Waals surface area contributed by atoms with Gasteiger partial charge < -0.3 is 14.2 Å². The number of hydrogen-bond acceptors (Lipinski definition) is 6. The number of nitrogens with zero attached hydrogens (tertiary/aromatic N) is 3. The van der Waals surface area contributed by atoms with Gasteiger partial charge in [0.25, 0.3) is 5.56 Å². The van der Waals surface area contributed by atoms with Crippen LogP contribution in [0.1, 0.15) is 22.4 Å². The molecule has 1 aromatic carbocycles. The largest absolute Gasteiger partial charge is 0.493 e. The van der Waals surface area contributed by atoms with E-state index in [0.717, 1.165) is 0 Å². The molecule has 1 aromatic heterocycles. The van der Waals surface area contributed by atoms with E-state index >= 15 is 0 Å². The molecule has 0 N–H and O–H groups in total. The number of rotatable bonds is 3. The Kier molecular flexibility index (Phi) is 4.44. The topological polar surface area (TPSA) is 85.8 Å². The average molecular weight is 339 g/mol. The van der Waals surface area contributed by atoms with E-state index < -0.39 is 5.56 Å². The zero-order chi connectivity index (χ0) is 18.0. The second-order valence-electron chi connectivity index (χ2n) is 5.56. The van der Waals surface area contributed by atoms with Crippen molar-refractivity contribution >= 4 is 6.21 Å². The van der Waals surface area contributed by atoms with Crippen molar-refractivity contribution in [2.75, 3.05) is 20.3 Å². The van der Waals surface area contributed by atoms with Gasteiger partial charge in [-0.15, -0.1) is 0 Å². The first kappa shape index (κ1) is 16.6. The third-order valence-electron chi connectivity index (χ3n) is 3.84. The average Bonchev–Trinajstić information content (AvgIpc) is 2.60. The van der Waals surface area contributed by atoms with Gasteiger partial charge in [0.2, 0.25) is 5.75 Å². The van der Waals surface area contributed by atoms with E-state index in [1.807, 2.05) is 6.07 Å². The number of pyridine rings is 1. The summed E-state index contributed by atoms with van der Waals surface area (Å²) in [7, 11) is 1.54. The molecular formula is C18H17N3O4. The van der Waals surface area contributed by atoms with Crippen molar-refractivity contribution in [3.63, 3.8) is 0 Å². The molecule has 0 saturated carbocycles. The molecular weight excluding hydrogens is 322 g/mol. The molecule has 0 fully saturated rings. The number of aryl methyl sites for hydroxylation is 2. The highest BCUT2D eigenvalue weighted by Gasteiger charge is 2.18. The minimum Gasteiger partial charge on any atom is -0.493 e. The van der Waals surface area contributed by atoms with Crippen LogP contribution in [0.5, 0.6) is 17.2 Å². The van der Waals surface area contributed by atoms with Crippen LogP contribution in [0.25, 0.3) is 0 Å². The first-order valence-electron chi connectivity index (χ1n) is 7.70. The monoisotopic (exact) mass is 339 g/mol. The molecule has 128 valence electrons. The number of aromatic nitrogens is 1. The minimum absolute atomic E-state index is 0.0857. The van der Waals surface area contributed by atoms with Gasteiger partial charge in [0.05, 0.1) is 13.3 Å². The third kappa shape index (κ3) is 3.06. The van der Waals surface area contributed by atoms with E-state index in [-0.39, 0.29) is 5.56 Å². The fraction of sp³-hybridized carbons (Fsp3) is 0.278. The van der Waals surface area contributed by atoms with Gasteiger partial charge in [0.1, 0.15) is 24.8 Å². The lowest BCUT2D eigenvalue weighted by Crippen LogP contribution is -2.22. The molecule has 0 bridgehead atoms. The van der Waals surface area contributed by atoms with Crippen molar-refractivity contribution in [2.45, 2.75) is 13.8 Å². The van der Waals surface area contributed by atoms with Gasteiger partial charge >= 0.3 is 0 Å². The Morgan fingerprint density at radius 2 is 2.04 bits per heavy atom. The summed E-state index contributed by atoms with van der Waals surface area (Å²) in [6.07, 6.45) is 1.52. The van der Waals surface area contributed by atoms with Crippen molar-refractivity contribution in [2.24, 2.45) is 5.10 Å². The molecule has 7 heteroatoms. The summed E-state index contributed by atoms with van der Waals surface area (Å²) in [5.74, 6) is 1.66. The van der Waals surface area contributed by atoms with Crippen molar-refractivity contribution in [1.82, 2.24) is 4.68 Å². The lowest BCUT2D eigenvalue weighted by atomic mass is 10.1. The minimum atomic E-state index is -0.444. The predicted molar refractivity (Wildman–Crippen MR) is 91.9 cm³/mol. The summed E-state index contributed by atoms with van der Waals surface area (Å²) < 4.78 is 17.7. The summed E-state index contributed by atoms with van der Waals surface area (Å²) in [4.78, 5) is 12.4. The van der Waals surface area contributed by atoms with E-state index in [9.17, 15) is 4.79 Å². The second-order valence-corrected chi connectivity index (χ2v) is 5.56.